The van der Waals surface area contributed by atoms with Gasteiger partial charge in [-0.2, -0.15) is 0 Å². The van der Waals surface area contributed by atoms with E-state index in [-0.39, 0.29) is 6.79 Å². The molecule has 2 N–H and O–H groups in total. The predicted molar refractivity (Wildman–Crippen MR) is 109 cm³/mol. The monoisotopic (exact) mass is 379 g/mol. The third-order valence-electron chi connectivity index (χ3n) is 5.67. The first-order valence-electron chi connectivity index (χ1n) is 9.82. The fraction of sp³-hybridized carbons (Fsp3) is 0.381. The number of aromatic nitrogens is 2. The number of benzene rings is 1. The minimum Gasteiger partial charge on any atom is -0.454 e. The van der Waals surface area contributed by atoms with E-state index < -0.39 is 0 Å². The average Bonchev–Trinajstić information content (AvgIpc) is 3.33. The van der Waals surface area contributed by atoms with Crippen LogP contribution in [0.5, 0.6) is 11.5 Å². The number of nitrogen functional groups attached to an aromatic ring is 1. The molecular weight excluding hydrogens is 354 g/mol. The number of piperazine rings is 1. The summed E-state index contributed by atoms with van der Waals surface area (Å²) in [4.78, 5) is 9.90. The van der Waals surface area contributed by atoms with Crippen molar-refractivity contribution in [3.63, 3.8) is 0 Å². The smallest absolute Gasteiger partial charge is 0.231 e. The lowest BCUT2D eigenvalue weighted by atomic mass is 10.1. The van der Waals surface area contributed by atoms with Crippen molar-refractivity contribution in [3.05, 3.63) is 42.2 Å². The Labute approximate surface area is 164 Å². The fourth-order valence-electron chi connectivity index (χ4n) is 4.01. The molecule has 0 bridgehead atoms. The van der Waals surface area contributed by atoms with Crippen molar-refractivity contribution < 1.29 is 9.47 Å². The number of nitrogens with zero attached hydrogens (tertiary/aromatic N) is 4. The fourth-order valence-corrected chi connectivity index (χ4v) is 4.01. The number of imidazole rings is 1. The van der Waals surface area contributed by atoms with Crippen molar-refractivity contribution >= 4 is 11.3 Å². The Bertz CT molecular complexity index is 1010. The molecule has 2 aliphatic heterocycles. The number of ether oxygens (including phenoxy) is 2. The summed E-state index contributed by atoms with van der Waals surface area (Å²) in [5.74, 6) is 1.56. The number of rotatable bonds is 4. The van der Waals surface area contributed by atoms with E-state index in [9.17, 15) is 0 Å². The summed E-state index contributed by atoms with van der Waals surface area (Å²) in [5, 5.41) is 0. The SMILES string of the molecule is CCN1CCN(Cc2c(-c3ccc4c(c3)OCO4)nc3ccc(N)cn23)CC1. The molecule has 0 unspecified atom stereocenters. The van der Waals surface area contributed by atoms with Gasteiger partial charge in [-0.3, -0.25) is 4.90 Å². The Morgan fingerprint density at radius 2 is 1.79 bits per heavy atom. The van der Waals surface area contributed by atoms with Crippen molar-refractivity contribution in [1.82, 2.24) is 19.2 Å². The summed E-state index contributed by atoms with van der Waals surface area (Å²) in [6, 6.07) is 9.91. The Morgan fingerprint density at radius 3 is 2.61 bits per heavy atom. The second-order valence-electron chi connectivity index (χ2n) is 7.38. The lowest BCUT2D eigenvalue weighted by molar-refractivity contribution is 0.131. The molecule has 0 radical (unpaired) electrons. The molecule has 2 aromatic heterocycles. The third kappa shape index (κ3) is 3.06. The van der Waals surface area contributed by atoms with Crippen LogP contribution in [0.15, 0.2) is 36.5 Å². The van der Waals surface area contributed by atoms with Gasteiger partial charge < -0.3 is 24.5 Å². The normalized spacial score (nSPS) is 17.5. The Balaban J connectivity index is 1.54. The number of pyridine rings is 1. The van der Waals surface area contributed by atoms with Crippen molar-refractivity contribution in [2.24, 2.45) is 0 Å². The van der Waals surface area contributed by atoms with Crippen LogP contribution >= 0.6 is 0 Å². The van der Waals surface area contributed by atoms with Gasteiger partial charge in [0.25, 0.3) is 0 Å². The summed E-state index contributed by atoms with van der Waals surface area (Å²) < 4.78 is 13.2. The number of hydrogen-bond donors (Lipinski definition) is 1. The zero-order chi connectivity index (χ0) is 19.1. The summed E-state index contributed by atoms with van der Waals surface area (Å²) in [7, 11) is 0. The van der Waals surface area contributed by atoms with Crippen LogP contribution in [0.2, 0.25) is 0 Å². The Hall–Kier alpha value is -2.77. The molecular formula is C21H25N5O2. The molecule has 3 aromatic rings. The van der Waals surface area contributed by atoms with E-state index in [0.29, 0.717) is 0 Å². The molecule has 2 aliphatic rings. The summed E-state index contributed by atoms with van der Waals surface area (Å²) in [5.41, 5.74) is 10.9. The van der Waals surface area contributed by atoms with E-state index >= 15 is 0 Å². The van der Waals surface area contributed by atoms with Crippen LogP contribution in [0.1, 0.15) is 12.6 Å². The minimum atomic E-state index is 0.273. The number of anilines is 1. The third-order valence-corrected chi connectivity index (χ3v) is 5.67. The van der Waals surface area contributed by atoms with Crippen molar-refractivity contribution in [2.75, 3.05) is 45.3 Å². The van der Waals surface area contributed by atoms with Crippen LogP contribution in [-0.4, -0.2) is 58.7 Å². The van der Waals surface area contributed by atoms with Crippen molar-refractivity contribution in [3.8, 4) is 22.8 Å². The van der Waals surface area contributed by atoms with Crippen LogP contribution in [0.25, 0.3) is 16.9 Å². The molecule has 0 saturated carbocycles. The maximum Gasteiger partial charge on any atom is 0.231 e. The molecule has 0 amide bonds. The van der Waals surface area contributed by atoms with E-state index in [2.05, 4.69) is 27.2 Å². The molecule has 0 aliphatic carbocycles. The summed E-state index contributed by atoms with van der Waals surface area (Å²) in [6.45, 7) is 8.78. The number of likely N-dealkylation sites (N-methyl/N-ethyl adjacent to an activating group) is 1. The van der Waals surface area contributed by atoms with Crippen molar-refractivity contribution in [1.29, 1.82) is 0 Å². The lowest BCUT2D eigenvalue weighted by Gasteiger charge is -2.34. The second-order valence-corrected chi connectivity index (χ2v) is 7.38. The summed E-state index contributed by atoms with van der Waals surface area (Å²) in [6.07, 6.45) is 1.97. The van der Waals surface area contributed by atoms with Crippen LogP contribution in [0, 0.1) is 0 Å². The molecule has 7 heteroatoms. The quantitative estimate of drug-likeness (QED) is 0.751. The van der Waals surface area contributed by atoms with Crippen LogP contribution in [-0.2, 0) is 6.54 Å². The highest BCUT2D eigenvalue weighted by molar-refractivity contribution is 5.70. The van der Waals surface area contributed by atoms with Gasteiger partial charge in [0.15, 0.2) is 11.5 Å². The Morgan fingerprint density at radius 1 is 1.00 bits per heavy atom. The lowest BCUT2D eigenvalue weighted by Crippen LogP contribution is -2.45. The van der Waals surface area contributed by atoms with Crippen molar-refractivity contribution in [2.45, 2.75) is 13.5 Å². The topological polar surface area (TPSA) is 68.3 Å². The van der Waals surface area contributed by atoms with Crippen LogP contribution in [0.4, 0.5) is 5.69 Å². The van der Waals surface area contributed by atoms with Gasteiger partial charge in [-0.25, -0.2) is 4.98 Å². The van der Waals surface area contributed by atoms with E-state index in [1.807, 2.05) is 30.5 Å². The highest BCUT2D eigenvalue weighted by Gasteiger charge is 2.22. The van der Waals surface area contributed by atoms with E-state index in [4.69, 9.17) is 20.2 Å². The first-order chi connectivity index (χ1) is 13.7. The molecule has 7 nitrogen and oxygen atoms in total. The van der Waals surface area contributed by atoms with Gasteiger partial charge in [-0.15, -0.1) is 0 Å². The van der Waals surface area contributed by atoms with Gasteiger partial charge in [-0.1, -0.05) is 6.92 Å². The number of fused-ring (bicyclic) bond motifs is 2. The highest BCUT2D eigenvalue weighted by atomic mass is 16.7. The molecule has 0 atom stereocenters. The maximum absolute atomic E-state index is 6.08. The molecule has 146 valence electrons. The largest absolute Gasteiger partial charge is 0.454 e. The van der Waals surface area contributed by atoms with Gasteiger partial charge in [-0.05, 0) is 36.9 Å². The zero-order valence-electron chi connectivity index (χ0n) is 16.1. The maximum atomic E-state index is 6.08. The van der Waals surface area contributed by atoms with Crippen LogP contribution in [0.3, 0.4) is 0 Å². The summed E-state index contributed by atoms with van der Waals surface area (Å²) >= 11 is 0. The standard InChI is InChI=1S/C21H25N5O2/c1-2-24-7-9-25(10-8-24)13-17-21(23-20-6-4-16(22)12-26(17)20)15-3-5-18-19(11-15)28-14-27-18/h3-6,11-12H,2,7-10,13-14,22H2,1H3. The molecule has 5 rings (SSSR count). The van der Waals surface area contributed by atoms with Gasteiger partial charge >= 0.3 is 0 Å². The second kappa shape index (κ2) is 7.00. The van der Waals surface area contributed by atoms with Gasteiger partial charge in [0.1, 0.15) is 5.65 Å². The molecule has 1 saturated heterocycles. The number of nitrogens with two attached hydrogens (primary N) is 1. The van der Waals surface area contributed by atoms with Gasteiger partial charge in [0.05, 0.1) is 11.4 Å². The molecule has 28 heavy (non-hydrogen) atoms. The predicted octanol–water partition coefficient (Wildman–Crippen LogP) is 2.45. The van der Waals surface area contributed by atoms with E-state index in [1.165, 1.54) is 0 Å². The van der Waals surface area contributed by atoms with Crippen LogP contribution < -0.4 is 15.2 Å². The first-order valence-corrected chi connectivity index (χ1v) is 9.82. The van der Waals surface area contributed by atoms with E-state index in [0.717, 1.165) is 79.1 Å². The molecule has 0 spiro atoms. The number of hydrogen-bond acceptors (Lipinski definition) is 6. The molecule has 4 heterocycles. The zero-order valence-corrected chi connectivity index (χ0v) is 16.1. The minimum absolute atomic E-state index is 0.273. The molecule has 1 aromatic carbocycles. The average molecular weight is 379 g/mol. The van der Waals surface area contributed by atoms with Gasteiger partial charge in [0.2, 0.25) is 6.79 Å². The highest BCUT2D eigenvalue weighted by Crippen LogP contribution is 2.37. The van der Waals surface area contributed by atoms with E-state index in [1.54, 1.807) is 0 Å². The molecule has 1 fully saturated rings. The Kier molecular flexibility index (Phi) is 4.33. The first kappa shape index (κ1) is 17.3. The van der Waals surface area contributed by atoms with Gasteiger partial charge in [0, 0.05) is 50.2 Å².